The third kappa shape index (κ3) is 5.45. The van der Waals surface area contributed by atoms with Crippen molar-refractivity contribution in [2.75, 3.05) is 6.61 Å². The number of esters is 1. The van der Waals surface area contributed by atoms with E-state index in [9.17, 15) is 19.3 Å². The molecular weight excluding hydrogens is 438 g/mol. The maximum absolute atomic E-state index is 11.8. The third-order valence-electron chi connectivity index (χ3n) is 3.48. The number of nitrogens with two attached hydrogens (primary N) is 1. The van der Waals surface area contributed by atoms with Crippen LogP contribution < -0.4 is 5.73 Å². The molecular formula is C13H19N2O9PSe. The molecule has 1 aliphatic rings. The molecule has 1 fully saturated rings. The van der Waals surface area contributed by atoms with Crippen molar-refractivity contribution >= 4 is 34.2 Å². The Kier molecular flexibility index (Phi) is 7.12. The van der Waals surface area contributed by atoms with Crippen LogP contribution in [0.15, 0.2) is 4.94 Å². The van der Waals surface area contributed by atoms with Gasteiger partial charge in [-0.2, -0.15) is 0 Å². The Bertz CT molecular complexity index is 706. The fraction of sp³-hybridized carbons (Fsp3) is 0.615. The number of primary amides is 1. The quantitative estimate of drug-likeness (QED) is 0.212. The van der Waals surface area contributed by atoms with Gasteiger partial charge in [0, 0.05) is 0 Å². The molecule has 0 saturated carbocycles. The van der Waals surface area contributed by atoms with Gasteiger partial charge in [-0.25, -0.2) is 0 Å². The van der Waals surface area contributed by atoms with E-state index in [-0.39, 0.29) is 12.1 Å². The van der Waals surface area contributed by atoms with Gasteiger partial charge in [-0.05, 0) is 0 Å². The molecule has 0 unspecified atom stereocenters. The number of aromatic nitrogens is 1. The molecule has 0 aliphatic carbocycles. The van der Waals surface area contributed by atoms with E-state index in [1.807, 2.05) is 0 Å². The zero-order valence-electron chi connectivity index (χ0n) is 13.7. The summed E-state index contributed by atoms with van der Waals surface area (Å²) in [6, 6.07) is 0. The first-order chi connectivity index (χ1) is 12.1. The van der Waals surface area contributed by atoms with Crippen LogP contribution in [0.25, 0.3) is 0 Å². The third-order valence-corrected chi connectivity index (χ3v) is 5.87. The molecule has 2 heterocycles. The zero-order valence-corrected chi connectivity index (χ0v) is 16.3. The molecule has 0 radical (unpaired) electrons. The molecule has 11 nitrogen and oxygen atoms in total. The van der Waals surface area contributed by atoms with Crippen LogP contribution >= 0.6 is 7.82 Å². The van der Waals surface area contributed by atoms with E-state index >= 15 is 0 Å². The van der Waals surface area contributed by atoms with Gasteiger partial charge in [0.25, 0.3) is 0 Å². The molecule has 146 valence electrons. The van der Waals surface area contributed by atoms with Crippen molar-refractivity contribution in [1.82, 2.24) is 4.98 Å². The summed E-state index contributed by atoms with van der Waals surface area (Å²) in [6.07, 6.45) is -3.98. The van der Waals surface area contributed by atoms with Crippen molar-refractivity contribution in [3.63, 3.8) is 0 Å². The standard InChI is InChI=1S/C13H19N2O9PSe/c1-2-3-8(16)24-10-9(17)7(4-22-25(19,20)21)23-11(10)13-15-6(5-26-13)12(14)18/h5,7,9-11,17H,2-4H2,1H3,(H2,14,18)(H2,19,20,21)/t7-,9-,10-,11-/m1/s1. The Hall–Kier alpha value is -1.10. The second kappa shape index (κ2) is 8.73. The van der Waals surface area contributed by atoms with Crippen LogP contribution in [-0.4, -0.2) is 71.2 Å². The molecule has 26 heavy (non-hydrogen) atoms. The molecule has 0 aromatic carbocycles. The molecule has 1 aromatic heterocycles. The van der Waals surface area contributed by atoms with Gasteiger partial charge in [0.2, 0.25) is 0 Å². The van der Waals surface area contributed by atoms with Crippen LogP contribution in [0.3, 0.4) is 0 Å². The number of hydrogen-bond acceptors (Lipinski definition) is 8. The number of phosphoric ester groups is 1. The van der Waals surface area contributed by atoms with E-state index in [0.717, 1.165) is 0 Å². The van der Waals surface area contributed by atoms with E-state index < -0.39 is 65.2 Å². The van der Waals surface area contributed by atoms with Crippen molar-refractivity contribution in [2.24, 2.45) is 5.73 Å². The summed E-state index contributed by atoms with van der Waals surface area (Å²) in [7, 11) is -4.77. The summed E-state index contributed by atoms with van der Waals surface area (Å²) in [5.41, 5.74) is 5.23. The molecule has 1 aromatic rings. The number of carbonyl (C=O) groups is 2. The van der Waals surface area contributed by atoms with E-state index in [1.165, 1.54) is 4.94 Å². The number of aliphatic hydroxyl groups is 1. The van der Waals surface area contributed by atoms with Crippen LogP contribution in [0.1, 0.15) is 40.9 Å². The summed E-state index contributed by atoms with van der Waals surface area (Å²) >= 11 is -0.414. The number of rotatable bonds is 8. The van der Waals surface area contributed by atoms with Crippen molar-refractivity contribution in [3.05, 3.63) is 15.2 Å². The summed E-state index contributed by atoms with van der Waals surface area (Å²) in [6.45, 7) is 1.17. The summed E-state index contributed by atoms with van der Waals surface area (Å²) < 4.78 is 26.5. The van der Waals surface area contributed by atoms with Crippen molar-refractivity contribution in [3.8, 4) is 0 Å². The van der Waals surface area contributed by atoms with Crippen molar-refractivity contribution in [1.29, 1.82) is 0 Å². The topological polar surface area (TPSA) is 179 Å². The Labute approximate surface area is 154 Å². The fourth-order valence-corrected chi connectivity index (χ4v) is 4.50. The van der Waals surface area contributed by atoms with Gasteiger partial charge >= 0.3 is 154 Å². The van der Waals surface area contributed by atoms with Crippen LogP contribution in [-0.2, 0) is 23.4 Å². The van der Waals surface area contributed by atoms with Crippen LogP contribution in [0.4, 0.5) is 0 Å². The van der Waals surface area contributed by atoms with Crippen LogP contribution in [0, 0.1) is 0 Å². The first-order valence-electron chi connectivity index (χ1n) is 7.60. The molecule has 1 amide bonds. The number of nitrogens with zero attached hydrogens (tertiary/aromatic N) is 1. The average Bonchev–Trinajstić information content (AvgIpc) is 3.12. The minimum absolute atomic E-state index is 0.0478. The van der Waals surface area contributed by atoms with Crippen LogP contribution in [0.2, 0.25) is 0 Å². The second-order valence-corrected chi connectivity index (χ2v) is 8.62. The number of amides is 1. The van der Waals surface area contributed by atoms with Gasteiger partial charge in [-0.15, -0.1) is 0 Å². The summed E-state index contributed by atoms with van der Waals surface area (Å²) in [4.78, 5) is 46.3. The normalized spacial score (nSPS) is 26.0. The zero-order chi connectivity index (χ0) is 19.5. The molecule has 13 heteroatoms. The summed E-state index contributed by atoms with van der Waals surface area (Å²) in [5, 5.41) is 10.4. The van der Waals surface area contributed by atoms with Gasteiger partial charge in [0.1, 0.15) is 0 Å². The number of hydrogen-bond donors (Lipinski definition) is 4. The van der Waals surface area contributed by atoms with Gasteiger partial charge < -0.3 is 0 Å². The molecule has 0 spiro atoms. The molecule has 1 saturated heterocycles. The number of aliphatic hydroxyl groups excluding tert-OH is 1. The average molecular weight is 457 g/mol. The van der Waals surface area contributed by atoms with E-state index in [4.69, 9.17) is 25.0 Å². The first-order valence-corrected chi connectivity index (χ1v) is 11.0. The SMILES string of the molecule is CCCC(=O)O[C@@H]1[C@H](O)[C@@H](COP(=O)(O)O)O[C@H]1c1nc(C(N)=O)c[se]1. The number of phosphoric acid groups is 1. The minimum atomic E-state index is -4.77. The first kappa shape index (κ1) is 21.2. The van der Waals surface area contributed by atoms with Crippen molar-refractivity contribution < 1.29 is 43.0 Å². The van der Waals surface area contributed by atoms with E-state index in [0.29, 0.717) is 11.0 Å². The fourth-order valence-electron chi connectivity index (χ4n) is 2.32. The van der Waals surface area contributed by atoms with E-state index in [1.54, 1.807) is 6.92 Å². The molecule has 2 rings (SSSR count). The van der Waals surface area contributed by atoms with Crippen molar-refractivity contribution in [2.45, 2.75) is 44.2 Å². The Morgan fingerprint density at radius 1 is 1.46 bits per heavy atom. The second-order valence-electron chi connectivity index (χ2n) is 5.51. The Morgan fingerprint density at radius 2 is 2.15 bits per heavy atom. The Morgan fingerprint density at radius 3 is 2.69 bits per heavy atom. The van der Waals surface area contributed by atoms with Crippen LogP contribution in [0.5, 0.6) is 0 Å². The van der Waals surface area contributed by atoms with Gasteiger partial charge in [-0.3, -0.25) is 0 Å². The predicted molar refractivity (Wildman–Crippen MR) is 86.1 cm³/mol. The molecule has 1 aliphatic heterocycles. The van der Waals surface area contributed by atoms with Gasteiger partial charge in [0.05, 0.1) is 0 Å². The van der Waals surface area contributed by atoms with E-state index in [2.05, 4.69) is 9.51 Å². The maximum atomic E-state index is 11.8. The monoisotopic (exact) mass is 458 g/mol. The Balaban J connectivity index is 2.21. The van der Waals surface area contributed by atoms with Gasteiger partial charge in [-0.1, -0.05) is 0 Å². The number of ether oxygens (including phenoxy) is 2. The van der Waals surface area contributed by atoms with Gasteiger partial charge in [0.15, 0.2) is 0 Å². The summed E-state index contributed by atoms with van der Waals surface area (Å²) in [5.74, 6) is -1.28. The predicted octanol–water partition coefficient (Wildman–Crippen LogP) is -1.14. The molecule has 4 atom stereocenters. The number of carbonyl (C=O) groups excluding carboxylic acids is 2. The molecule has 5 N–H and O–H groups in total. The molecule has 0 bridgehead atoms.